The summed E-state index contributed by atoms with van der Waals surface area (Å²) in [6.45, 7) is 6.00. The average Bonchev–Trinajstić information content (AvgIpc) is 3.29. The lowest BCUT2D eigenvalue weighted by atomic mass is 9.88. The average molecular weight is 479 g/mol. The molecule has 0 spiro atoms. The van der Waals surface area contributed by atoms with Crippen molar-refractivity contribution in [2.75, 3.05) is 50.7 Å². The first kappa shape index (κ1) is 22.8. The van der Waals surface area contributed by atoms with E-state index in [1.807, 2.05) is 23.1 Å². The van der Waals surface area contributed by atoms with Crippen LogP contribution in [-0.2, 0) is 0 Å². The van der Waals surface area contributed by atoms with Crippen molar-refractivity contribution in [1.29, 1.82) is 0 Å². The summed E-state index contributed by atoms with van der Waals surface area (Å²) < 4.78 is 13.3. The second kappa shape index (κ2) is 10.1. The number of hydrogen-bond acceptors (Lipinski definition) is 4. The molecule has 3 heterocycles. The van der Waals surface area contributed by atoms with E-state index in [-0.39, 0.29) is 22.8 Å². The van der Waals surface area contributed by atoms with Gasteiger partial charge in [0.15, 0.2) is 0 Å². The third-order valence-electron chi connectivity index (χ3n) is 7.00. The van der Waals surface area contributed by atoms with E-state index in [2.05, 4.69) is 39.0 Å². The zero-order chi connectivity index (χ0) is 23.5. The fourth-order valence-electron chi connectivity index (χ4n) is 5.19. The number of piperazine rings is 1. The molecule has 34 heavy (non-hydrogen) atoms. The van der Waals surface area contributed by atoms with Crippen LogP contribution in [0.25, 0.3) is 0 Å². The molecule has 0 radical (unpaired) electrons. The van der Waals surface area contributed by atoms with E-state index in [9.17, 15) is 9.18 Å². The number of carbonyl (C=O) groups is 1. The molecule has 1 amide bonds. The highest BCUT2D eigenvalue weighted by molar-refractivity contribution is 6.32. The van der Waals surface area contributed by atoms with Crippen LogP contribution in [0.3, 0.4) is 0 Å². The van der Waals surface area contributed by atoms with Crippen molar-refractivity contribution in [3.8, 4) is 0 Å². The van der Waals surface area contributed by atoms with Gasteiger partial charge in [0.25, 0.3) is 5.91 Å². The summed E-state index contributed by atoms with van der Waals surface area (Å²) in [7, 11) is 0. The number of hydrogen-bond donors (Lipinski definition) is 0. The minimum Gasteiger partial charge on any atom is -0.369 e. The number of nitrogens with zero attached hydrogens (tertiary/aromatic N) is 4. The lowest BCUT2D eigenvalue weighted by Crippen LogP contribution is -2.48. The van der Waals surface area contributed by atoms with Crippen LogP contribution >= 0.6 is 11.6 Å². The van der Waals surface area contributed by atoms with Crippen LogP contribution in [0.2, 0.25) is 5.15 Å². The smallest absolute Gasteiger partial charge is 0.257 e. The summed E-state index contributed by atoms with van der Waals surface area (Å²) >= 11 is 6.22. The number of aromatic nitrogens is 1. The fraction of sp³-hybridized carbons (Fsp3) is 0.333. The fourth-order valence-corrected chi connectivity index (χ4v) is 5.39. The van der Waals surface area contributed by atoms with E-state index in [1.54, 1.807) is 18.3 Å². The first-order valence-electron chi connectivity index (χ1n) is 11.8. The number of benzene rings is 2. The molecular formula is C27H28ClFN4O. The summed E-state index contributed by atoms with van der Waals surface area (Å²) in [6, 6.07) is 20.7. The van der Waals surface area contributed by atoms with Crippen LogP contribution in [0, 0.1) is 11.7 Å². The number of pyridine rings is 1. The molecule has 2 aliphatic rings. The summed E-state index contributed by atoms with van der Waals surface area (Å²) in [5.74, 6) is 0.347. The topological polar surface area (TPSA) is 39.7 Å². The third kappa shape index (κ3) is 4.93. The van der Waals surface area contributed by atoms with Crippen molar-refractivity contribution in [2.24, 2.45) is 5.92 Å². The lowest BCUT2D eigenvalue weighted by Gasteiger charge is -2.37. The van der Waals surface area contributed by atoms with Gasteiger partial charge in [0.1, 0.15) is 11.0 Å². The summed E-state index contributed by atoms with van der Waals surface area (Å²) in [5.41, 5.74) is 2.80. The Bertz CT molecular complexity index is 1120. The molecule has 0 unspecified atom stereocenters. The van der Waals surface area contributed by atoms with E-state index < -0.39 is 0 Å². The zero-order valence-electron chi connectivity index (χ0n) is 19.0. The molecule has 2 atom stereocenters. The molecule has 1 aromatic heterocycles. The van der Waals surface area contributed by atoms with Crippen molar-refractivity contribution in [3.05, 3.63) is 95.0 Å². The number of anilines is 1. The number of carbonyl (C=O) groups excluding carboxylic acids is 1. The lowest BCUT2D eigenvalue weighted by molar-refractivity contribution is 0.0782. The van der Waals surface area contributed by atoms with Gasteiger partial charge in [-0.3, -0.25) is 9.69 Å². The van der Waals surface area contributed by atoms with Crippen LogP contribution in [0.5, 0.6) is 0 Å². The van der Waals surface area contributed by atoms with E-state index in [0.29, 0.717) is 24.6 Å². The summed E-state index contributed by atoms with van der Waals surface area (Å²) in [5, 5.41) is 0.254. The zero-order valence-corrected chi connectivity index (χ0v) is 19.7. The van der Waals surface area contributed by atoms with Crippen molar-refractivity contribution >= 4 is 23.2 Å². The van der Waals surface area contributed by atoms with Crippen molar-refractivity contribution in [3.63, 3.8) is 0 Å². The second-order valence-electron chi connectivity index (χ2n) is 9.09. The molecule has 0 aliphatic carbocycles. The van der Waals surface area contributed by atoms with Gasteiger partial charge in [-0.05, 0) is 47.9 Å². The Morgan fingerprint density at radius 3 is 2.38 bits per heavy atom. The Morgan fingerprint density at radius 1 is 0.941 bits per heavy atom. The van der Waals surface area contributed by atoms with E-state index >= 15 is 0 Å². The van der Waals surface area contributed by atoms with Crippen molar-refractivity contribution in [2.45, 2.75) is 5.92 Å². The van der Waals surface area contributed by atoms with E-state index in [1.165, 1.54) is 17.7 Å². The number of halogens is 2. The minimum absolute atomic E-state index is 0.0531. The number of amides is 1. The molecule has 7 heteroatoms. The van der Waals surface area contributed by atoms with E-state index in [4.69, 9.17) is 11.6 Å². The van der Waals surface area contributed by atoms with Crippen molar-refractivity contribution in [1.82, 2.24) is 14.8 Å². The first-order valence-corrected chi connectivity index (χ1v) is 12.1. The molecule has 5 rings (SSSR count). The minimum atomic E-state index is -0.206. The summed E-state index contributed by atoms with van der Waals surface area (Å²) in [6.07, 6.45) is 1.60. The van der Waals surface area contributed by atoms with Gasteiger partial charge in [0.05, 0.1) is 5.56 Å². The Balaban J connectivity index is 1.28. The highest BCUT2D eigenvalue weighted by atomic mass is 35.5. The van der Waals surface area contributed by atoms with Gasteiger partial charge in [0.2, 0.25) is 0 Å². The molecule has 0 saturated carbocycles. The molecule has 5 nitrogen and oxygen atoms in total. The Hall–Kier alpha value is -2.96. The van der Waals surface area contributed by atoms with Crippen LogP contribution in [0.15, 0.2) is 72.9 Å². The highest BCUT2D eigenvalue weighted by Crippen LogP contribution is 2.35. The quantitative estimate of drug-likeness (QED) is 0.504. The monoisotopic (exact) mass is 478 g/mol. The largest absolute Gasteiger partial charge is 0.369 e. The second-order valence-corrected chi connectivity index (χ2v) is 9.45. The van der Waals surface area contributed by atoms with Gasteiger partial charge in [-0.15, -0.1) is 0 Å². The Labute approximate surface area is 204 Å². The standard InChI is InChI=1S/C27H28ClFN4O/c28-26-24(7-4-12-30-26)27(34)33-18-21(25(19-33)20-5-2-1-3-6-20)17-31-13-15-32(16-14-31)23-10-8-22(29)9-11-23/h1-12,21,25H,13-19H2/t21-,25-/m0/s1. The van der Waals surface area contributed by atoms with Gasteiger partial charge >= 0.3 is 0 Å². The first-order chi connectivity index (χ1) is 16.6. The van der Waals surface area contributed by atoms with Gasteiger partial charge in [-0.1, -0.05) is 41.9 Å². The SMILES string of the molecule is O=C(c1cccnc1Cl)N1C[C@H](CN2CCN(c3ccc(F)cc3)CC2)[C@H](c2ccccc2)C1. The maximum atomic E-state index is 13.3. The van der Waals surface area contributed by atoms with Crippen LogP contribution in [-0.4, -0.2) is 66.5 Å². The van der Waals surface area contributed by atoms with Gasteiger partial charge in [-0.25, -0.2) is 9.37 Å². The van der Waals surface area contributed by atoms with E-state index in [0.717, 1.165) is 38.4 Å². The molecule has 2 fully saturated rings. The Kier molecular flexibility index (Phi) is 6.79. The maximum absolute atomic E-state index is 13.3. The molecule has 2 saturated heterocycles. The highest BCUT2D eigenvalue weighted by Gasteiger charge is 2.38. The number of rotatable bonds is 5. The molecule has 176 valence electrons. The van der Waals surface area contributed by atoms with Crippen LogP contribution in [0.1, 0.15) is 21.8 Å². The molecule has 2 aromatic carbocycles. The molecule has 0 N–H and O–H groups in total. The molecule has 0 bridgehead atoms. The normalized spacial score (nSPS) is 21.1. The summed E-state index contributed by atoms with van der Waals surface area (Å²) in [4.78, 5) is 24.1. The van der Waals surface area contributed by atoms with Gasteiger partial charge < -0.3 is 9.80 Å². The van der Waals surface area contributed by atoms with Crippen LogP contribution < -0.4 is 4.90 Å². The van der Waals surface area contributed by atoms with Crippen molar-refractivity contribution < 1.29 is 9.18 Å². The maximum Gasteiger partial charge on any atom is 0.257 e. The predicted octanol–water partition coefficient (Wildman–Crippen LogP) is 4.55. The molecule has 3 aromatic rings. The third-order valence-corrected chi connectivity index (χ3v) is 7.30. The number of likely N-dealkylation sites (tertiary alicyclic amines) is 1. The van der Waals surface area contributed by atoms with Gasteiger partial charge in [-0.2, -0.15) is 0 Å². The van der Waals surface area contributed by atoms with Crippen LogP contribution in [0.4, 0.5) is 10.1 Å². The van der Waals surface area contributed by atoms with Gasteiger partial charge in [0, 0.05) is 63.6 Å². The molecule has 2 aliphatic heterocycles. The molecular weight excluding hydrogens is 451 g/mol. The Morgan fingerprint density at radius 2 is 1.68 bits per heavy atom. The predicted molar refractivity (Wildman–Crippen MR) is 133 cm³/mol.